The van der Waals surface area contributed by atoms with Crippen molar-refractivity contribution in [2.45, 2.75) is 60.8 Å². The Kier molecular flexibility index (Phi) is 8.76. The van der Waals surface area contributed by atoms with E-state index >= 15 is 0 Å². The lowest BCUT2D eigenvalue weighted by Gasteiger charge is -2.33. The minimum absolute atomic E-state index is 0.137. The molecule has 39 heavy (non-hydrogen) atoms. The van der Waals surface area contributed by atoms with Crippen LogP contribution in [0.2, 0.25) is 0 Å². The van der Waals surface area contributed by atoms with Gasteiger partial charge in [-0.15, -0.1) is 11.3 Å². The fourth-order valence-corrected chi connectivity index (χ4v) is 6.02. The normalized spacial score (nSPS) is 15.1. The highest BCUT2D eigenvalue weighted by molar-refractivity contribution is 7.16. The third-order valence-corrected chi connectivity index (χ3v) is 8.49. The number of amides is 1. The summed E-state index contributed by atoms with van der Waals surface area (Å²) >= 11 is 1.64. The zero-order valence-corrected chi connectivity index (χ0v) is 24.5. The number of ether oxygens (including phenoxy) is 2. The molecular weight excluding hydrogens is 506 g/mol. The van der Waals surface area contributed by atoms with Gasteiger partial charge < -0.3 is 14.8 Å². The van der Waals surface area contributed by atoms with Crippen molar-refractivity contribution in [1.82, 2.24) is 0 Å². The molecule has 6 nitrogen and oxygen atoms in total. The number of nitriles is 1. The molecule has 2 aromatic carbocycles. The molecular formula is C32H37N3O3S. The summed E-state index contributed by atoms with van der Waals surface area (Å²) < 4.78 is 11.6. The molecule has 1 amide bonds. The Morgan fingerprint density at radius 3 is 2.64 bits per heavy atom. The number of nitrogens with one attached hydrogen (secondary N) is 1. The van der Waals surface area contributed by atoms with Crippen LogP contribution in [0.15, 0.2) is 41.4 Å². The molecule has 1 aliphatic carbocycles. The first-order valence-electron chi connectivity index (χ1n) is 13.4. The predicted octanol–water partition coefficient (Wildman–Crippen LogP) is 7.55. The molecule has 3 aromatic rings. The van der Waals surface area contributed by atoms with Crippen LogP contribution in [0.5, 0.6) is 11.5 Å². The van der Waals surface area contributed by atoms with Crippen molar-refractivity contribution < 1.29 is 14.3 Å². The van der Waals surface area contributed by atoms with Gasteiger partial charge in [-0.05, 0) is 104 Å². The molecule has 0 saturated carbocycles. The van der Waals surface area contributed by atoms with Gasteiger partial charge in [0.15, 0.2) is 18.1 Å². The fraction of sp³-hybridized carbons (Fsp3) is 0.406. The third-order valence-electron chi connectivity index (χ3n) is 7.33. The highest BCUT2D eigenvalue weighted by atomic mass is 32.1. The highest BCUT2D eigenvalue weighted by Gasteiger charge is 2.32. The minimum atomic E-state index is -0.245. The quantitative estimate of drug-likeness (QED) is 0.297. The van der Waals surface area contributed by atoms with Crippen LogP contribution in [0.3, 0.4) is 0 Å². The Morgan fingerprint density at radius 1 is 1.15 bits per heavy atom. The van der Waals surface area contributed by atoms with E-state index in [0.717, 1.165) is 41.1 Å². The van der Waals surface area contributed by atoms with Crippen LogP contribution in [0, 0.1) is 36.5 Å². The van der Waals surface area contributed by atoms with Gasteiger partial charge in [0.1, 0.15) is 11.1 Å². The van der Waals surface area contributed by atoms with E-state index in [0.29, 0.717) is 29.6 Å². The maximum atomic E-state index is 12.5. The van der Waals surface area contributed by atoms with Gasteiger partial charge in [0, 0.05) is 16.8 Å². The SMILES string of the molecule is CCOc1cc(C=Nc2sc3c(c2C#N)CC[C@@H](C(C)(C)C)C3)ccc1OCC(=O)Nc1ccc(C)c(C)c1. The Morgan fingerprint density at radius 2 is 1.95 bits per heavy atom. The van der Waals surface area contributed by atoms with E-state index in [1.807, 2.05) is 51.1 Å². The van der Waals surface area contributed by atoms with Crippen LogP contribution in [0.4, 0.5) is 10.7 Å². The van der Waals surface area contributed by atoms with E-state index in [9.17, 15) is 10.1 Å². The minimum Gasteiger partial charge on any atom is -0.490 e. The topological polar surface area (TPSA) is 83.7 Å². The van der Waals surface area contributed by atoms with Crippen LogP contribution >= 0.6 is 11.3 Å². The van der Waals surface area contributed by atoms with Gasteiger partial charge in [-0.3, -0.25) is 4.79 Å². The van der Waals surface area contributed by atoms with E-state index in [1.54, 1.807) is 23.6 Å². The summed E-state index contributed by atoms with van der Waals surface area (Å²) in [5.74, 6) is 1.39. The van der Waals surface area contributed by atoms with E-state index in [1.165, 1.54) is 16.0 Å². The van der Waals surface area contributed by atoms with Crippen LogP contribution in [-0.2, 0) is 17.6 Å². The van der Waals surface area contributed by atoms with Crippen LogP contribution in [0.25, 0.3) is 0 Å². The third kappa shape index (κ3) is 6.88. The Labute approximate surface area is 235 Å². The molecule has 0 unspecified atom stereocenters. The van der Waals surface area contributed by atoms with E-state index < -0.39 is 0 Å². The highest BCUT2D eigenvalue weighted by Crippen LogP contribution is 2.45. The van der Waals surface area contributed by atoms with Crippen LogP contribution < -0.4 is 14.8 Å². The number of carbonyl (C=O) groups is 1. The number of nitrogens with zero attached hydrogens (tertiary/aromatic N) is 2. The summed E-state index contributed by atoms with van der Waals surface area (Å²) in [6.07, 6.45) is 4.81. The number of thiophene rings is 1. The van der Waals surface area contributed by atoms with Gasteiger partial charge in [0.2, 0.25) is 0 Å². The summed E-state index contributed by atoms with van der Waals surface area (Å²) in [7, 11) is 0. The lowest BCUT2D eigenvalue weighted by atomic mass is 9.72. The second kappa shape index (κ2) is 12.0. The average molecular weight is 544 g/mol. The van der Waals surface area contributed by atoms with Crippen molar-refractivity contribution in [2.75, 3.05) is 18.5 Å². The number of fused-ring (bicyclic) bond motifs is 1. The molecule has 204 valence electrons. The Balaban J connectivity index is 1.46. The molecule has 1 N–H and O–H groups in total. The van der Waals surface area contributed by atoms with Crippen molar-refractivity contribution in [3.05, 3.63) is 69.1 Å². The van der Waals surface area contributed by atoms with Gasteiger partial charge >= 0.3 is 0 Å². The molecule has 1 atom stereocenters. The lowest BCUT2D eigenvalue weighted by Crippen LogP contribution is -2.26. The van der Waals surface area contributed by atoms with Gasteiger partial charge in [-0.25, -0.2) is 4.99 Å². The van der Waals surface area contributed by atoms with Gasteiger partial charge in [-0.1, -0.05) is 26.8 Å². The number of aryl methyl sites for hydroxylation is 2. The number of hydrogen-bond acceptors (Lipinski definition) is 6. The largest absolute Gasteiger partial charge is 0.490 e. The van der Waals surface area contributed by atoms with Crippen molar-refractivity contribution in [3.63, 3.8) is 0 Å². The zero-order valence-electron chi connectivity index (χ0n) is 23.7. The maximum absolute atomic E-state index is 12.5. The summed E-state index contributed by atoms with van der Waals surface area (Å²) in [6.45, 7) is 13.1. The number of hydrogen-bond donors (Lipinski definition) is 1. The van der Waals surface area contributed by atoms with Gasteiger partial charge in [0.05, 0.1) is 12.2 Å². The number of carbonyl (C=O) groups excluding carboxylic acids is 1. The Hall–Kier alpha value is -3.63. The molecule has 0 aliphatic heterocycles. The molecule has 0 bridgehead atoms. The first-order chi connectivity index (χ1) is 18.6. The summed E-state index contributed by atoms with van der Waals surface area (Å²) in [4.78, 5) is 18.5. The first-order valence-corrected chi connectivity index (χ1v) is 14.3. The number of aliphatic imine (C=N–C) groups is 1. The summed E-state index contributed by atoms with van der Waals surface area (Å²) in [5, 5.41) is 13.5. The van der Waals surface area contributed by atoms with E-state index in [4.69, 9.17) is 14.5 Å². The van der Waals surface area contributed by atoms with Crippen molar-refractivity contribution in [3.8, 4) is 17.6 Å². The molecule has 4 rings (SSSR count). The number of benzene rings is 2. The molecule has 1 aliphatic rings. The summed E-state index contributed by atoms with van der Waals surface area (Å²) in [5.41, 5.74) is 5.98. The molecule has 0 radical (unpaired) electrons. The average Bonchev–Trinajstić information content (AvgIpc) is 3.25. The zero-order chi connectivity index (χ0) is 28.2. The van der Waals surface area contributed by atoms with Gasteiger partial charge in [-0.2, -0.15) is 5.26 Å². The fourth-order valence-electron chi connectivity index (χ4n) is 4.80. The Bertz CT molecular complexity index is 1430. The van der Waals surface area contributed by atoms with Crippen molar-refractivity contribution in [2.24, 2.45) is 16.3 Å². The molecule has 1 aromatic heterocycles. The molecule has 0 spiro atoms. The molecule has 1 heterocycles. The first kappa shape index (κ1) is 28.4. The summed E-state index contributed by atoms with van der Waals surface area (Å²) in [6, 6.07) is 13.7. The van der Waals surface area contributed by atoms with E-state index in [-0.39, 0.29) is 17.9 Å². The van der Waals surface area contributed by atoms with Crippen molar-refractivity contribution in [1.29, 1.82) is 5.26 Å². The number of rotatable bonds is 8. The smallest absolute Gasteiger partial charge is 0.262 e. The lowest BCUT2D eigenvalue weighted by molar-refractivity contribution is -0.118. The standard InChI is InChI=1S/C32H37N3O3S/c1-7-37-28-15-22(9-13-27(28)38-19-30(36)35-24-11-8-20(2)21(3)14-24)18-34-31-26(17-33)25-12-10-23(32(4,5)6)16-29(25)39-31/h8-9,11,13-15,18,23H,7,10,12,16,19H2,1-6H3,(H,35,36)/t23-/m1/s1. The monoisotopic (exact) mass is 543 g/mol. The molecule has 0 saturated heterocycles. The number of anilines is 1. The molecule has 7 heteroatoms. The van der Waals surface area contributed by atoms with Gasteiger partial charge in [0.25, 0.3) is 5.91 Å². The van der Waals surface area contributed by atoms with Crippen LogP contribution in [0.1, 0.15) is 66.8 Å². The second-order valence-electron chi connectivity index (χ2n) is 11.1. The predicted molar refractivity (Wildman–Crippen MR) is 159 cm³/mol. The van der Waals surface area contributed by atoms with Crippen LogP contribution in [-0.4, -0.2) is 25.3 Å². The maximum Gasteiger partial charge on any atom is 0.262 e. The second-order valence-corrected chi connectivity index (χ2v) is 12.2. The molecule has 0 fully saturated rings. The van der Waals surface area contributed by atoms with E-state index in [2.05, 4.69) is 32.2 Å². The van der Waals surface area contributed by atoms with Crippen molar-refractivity contribution >= 4 is 34.1 Å².